The summed E-state index contributed by atoms with van der Waals surface area (Å²) in [5.74, 6) is -3.03. The predicted molar refractivity (Wildman–Crippen MR) is 110 cm³/mol. The van der Waals surface area contributed by atoms with Gasteiger partial charge in [0, 0.05) is 31.1 Å². The molecular formula is C24H32O7. The number of carbonyl (C=O) groups is 4. The van der Waals surface area contributed by atoms with Crippen LogP contribution >= 0.6 is 0 Å². The molecule has 0 radical (unpaired) electrons. The highest BCUT2D eigenvalue weighted by Crippen LogP contribution is 2.70. The lowest BCUT2D eigenvalue weighted by Crippen LogP contribution is -2.72. The van der Waals surface area contributed by atoms with E-state index < -0.39 is 58.3 Å². The van der Waals surface area contributed by atoms with Crippen molar-refractivity contribution in [3.05, 3.63) is 12.2 Å². The molecule has 7 nitrogen and oxygen atoms in total. The fourth-order valence-electron chi connectivity index (χ4n) is 7.96. The average Bonchev–Trinajstić information content (AvgIpc) is 2.82. The van der Waals surface area contributed by atoms with Crippen LogP contribution in [0.25, 0.3) is 0 Å². The maximum absolute atomic E-state index is 14.1. The molecule has 2 bridgehead atoms. The van der Waals surface area contributed by atoms with Crippen LogP contribution < -0.4 is 0 Å². The average molecular weight is 433 g/mol. The first kappa shape index (κ1) is 22.2. The quantitative estimate of drug-likeness (QED) is 0.527. The van der Waals surface area contributed by atoms with Crippen LogP contribution in [0.2, 0.25) is 0 Å². The zero-order chi connectivity index (χ0) is 23.1. The summed E-state index contributed by atoms with van der Waals surface area (Å²) in [7, 11) is 0. The molecule has 4 saturated carbocycles. The lowest BCUT2D eigenvalue weighted by atomic mass is 9.39. The lowest BCUT2D eigenvalue weighted by Gasteiger charge is -2.65. The zero-order valence-electron chi connectivity index (χ0n) is 18.9. The number of aliphatic hydroxyl groups excluding tert-OH is 1. The number of fused-ring (bicyclic) bond motifs is 3. The van der Waals surface area contributed by atoms with Gasteiger partial charge in [-0.05, 0) is 42.6 Å². The second-order valence-electron chi connectivity index (χ2n) is 10.9. The van der Waals surface area contributed by atoms with E-state index in [-0.39, 0.29) is 17.5 Å². The number of hydrogen-bond donors (Lipinski definition) is 1. The van der Waals surface area contributed by atoms with E-state index >= 15 is 0 Å². The first-order valence-electron chi connectivity index (χ1n) is 11.1. The van der Waals surface area contributed by atoms with Crippen LogP contribution in [-0.2, 0) is 28.7 Å². The number of Topliss-reactive ketones (excluding diaryl/α,β-unsaturated/α-hetero) is 2. The van der Waals surface area contributed by atoms with Gasteiger partial charge in [0.2, 0.25) is 0 Å². The van der Waals surface area contributed by atoms with Crippen molar-refractivity contribution in [1.82, 2.24) is 0 Å². The fourth-order valence-corrected chi connectivity index (χ4v) is 7.96. The molecule has 0 amide bonds. The summed E-state index contributed by atoms with van der Waals surface area (Å²) >= 11 is 0. The van der Waals surface area contributed by atoms with E-state index in [4.69, 9.17) is 9.47 Å². The van der Waals surface area contributed by atoms with Crippen LogP contribution in [0.1, 0.15) is 60.3 Å². The minimum Gasteiger partial charge on any atom is -0.462 e. The highest BCUT2D eigenvalue weighted by molar-refractivity contribution is 6.08. The molecular weight excluding hydrogens is 400 g/mol. The molecule has 0 heterocycles. The summed E-state index contributed by atoms with van der Waals surface area (Å²) in [6.07, 6.45) is -0.745. The van der Waals surface area contributed by atoms with E-state index in [0.29, 0.717) is 31.3 Å². The fraction of sp³-hybridized carbons (Fsp3) is 0.750. The van der Waals surface area contributed by atoms with Crippen molar-refractivity contribution in [1.29, 1.82) is 0 Å². The monoisotopic (exact) mass is 432 g/mol. The maximum atomic E-state index is 14.1. The van der Waals surface area contributed by atoms with E-state index in [1.807, 2.05) is 20.8 Å². The summed E-state index contributed by atoms with van der Waals surface area (Å²) in [4.78, 5) is 51.4. The van der Waals surface area contributed by atoms with Gasteiger partial charge in [0.25, 0.3) is 0 Å². The van der Waals surface area contributed by atoms with Crippen LogP contribution in [-0.4, -0.2) is 46.9 Å². The third-order valence-corrected chi connectivity index (χ3v) is 8.75. The Morgan fingerprint density at radius 2 is 1.71 bits per heavy atom. The molecule has 4 rings (SSSR count). The van der Waals surface area contributed by atoms with Gasteiger partial charge in [0.1, 0.15) is 6.10 Å². The zero-order valence-corrected chi connectivity index (χ0v) is 18.9. The Morgan fingerprint density at radius 1 is 1.10 bits per heavy atom. The highest BCUT2D eigenvalue weighted by atomic mass is 16.6. The van der Waals surface area contributed by atoms with Crippen LogP contribution in [0, 0.1) is 34.0 Å². The highest BCUT2D eigenvalue weighted by Gasteiger charge is 2.77. The summed E-state index contributed by atoms with van der Waals surface area (Å²) in [6.45, 7) is 12.3. The number of aliphatic hydroxyl groups is 1. The first-order valence-corrected chi connectivity index (χ1v) is 11.1. The number of rotatable bonds is 2. The van der Waals surface area contributed by atoms with Gasteiger partial charge in [-0.1, -0.05) is 27.4 Å². The number of carbonyl (C=O) groups excluding carboxylic acids is 4. The van der Waals surface area contributed by atoms with Crippen LogP contribution in [0.4, 0.5) is 0 Å². The molecule has 4 aliphatic carbocycles. The van der Waals surface area contributed by atoms with Crippen molar-refractivity contribution in [2.24, 2.45) is 34.0 Å². The molecule has 4 aliphatic rings. The largest absolute Gasteiger partial charge is 0.462 e. The number of ether oxygens (including phenoxy) is 2. The molecule has 7 heteroatoms. The second kappa shape index (κ2) is 6.74. The lowest BCUT2D eigenvalue weighted by molar-refractivity contribution is -0.235. The van der Waals surface area contributed by atoms with Crippen molar-refractivity contribution in [3.8, 4) is 0 Å². The van der Waals surface area contributed by atoms with Gasteiger partial charge in [-0.2, -0.15) is 0 Å². The van der Waals surface area contributed by atoms with Gasteiger partial charge in [-0.15, -0.1) is 0 Å². The first-order chi connectivity index (χ1) is 14.3. The molecule has 0 aromatic carbocycles. The van der Waals surface area contributed by atoms with Gasteiger partial charge < -0.3 is 14.6 Å². The topological polar surface area (TPSA) is 107 Å². The Balaban J connectivity index is 1.91. The minimum absolute atomic E-state index is 0.213. The van der Waals surface area contributed by atoms with E-state index in [2.05, 4.69) is 6.58 Å². The molecule has 0 saturated heterocycles. The van der Waals surface area contributed by atoms with Crippen LogP contribution in [0.3, 0.4) is 0 Å². The summed E-state index contributed by atoms with van der Waals surface area (Å²) in [6, 6.07) is 0. The molecule has 1 spiro atoms. The molecule has 170 valence electrons. The molecule has 1 N–H and O–H groups in total. The molecule has 8 unspecified atom stereocenters. The van der Waals surface area contributed by atoms with Crippen molar-refractivity contribution in [2.45, 2.75) is 78.6 Å². The number of hydrogen-bond acceptors (Lipinski definition) is 7. The third-order valence-electron chi connectivity index (χ3n) is 8.75. The standard InChI is InChI=1S/C24H32O7/c1-11-14-9-15(27)18-23(6)8-7-16(30-12(2)25)22(4,5)19(23)17(28)21(31-13(3)26)24(18,10-14)20(11)29/h14-16,18-19,21,27H,1,7-10H2,2-6H3. The van der Waals surface area contributed by atoms with E-state index in [9.17, 15) is 24.3 Å². The van der Waals surface area contributed by atoms with Gasteiger partial charge in [0.15, 0.2) is 17.7 Å². The normalized spacial score (nSPS) is 45.5. The van der Waals surface area contributed by atoms with Gasteiger partial charge in [0.05, 0.1) is 11.5 Å². The molecule has 0 aromatic heterocycles. The Kier molecular flexibility index (Phi) is 4.82. The minimum atomic E-state index is -1.28. The van der Waals surface area contributed by atoms with Crippen molar-refractivity contribution in [3.63, 3.8) is 0 Å². The molecule has 4 fully saturated rings. The Morgan fingerprint density at radius 3 is 2.29 bits per heavy atom. The van der Waals surface area contributed by atoms with Crippen molar-refractivity contribution >= 4 is 23.5 Å². The van der Waals surface area contributed by atoms with E-state index in [1.165, 1.54) is 13.8 Å². The van der Waals surface area contributed by atoms with Gasteiger partial charge >= 0.3 is 11.9 Å². The maximum Gasteiger partial charge on any atom is 0.303 e. The molecule has 0 aliphatic heterocycles. The summed E-state index contributed by atoms with van der Waals surface area (Å²) in [5.41, 5.74) is -2.33. The molecule has 0 aromatic rings. The Hall–Kier alpha value is -2.02. The third kappa shape index (κ3) is 2.74. The predicted octanol–water partition coefficient (Wildman–Crippen LogP) is 2.39. The number of esters is 2. The van der Waals surface area contributed by atoms with Crippen LogP contribution in [0.5, 0.6) is 0 Å². The van der Waals surface area contributed by atoms with E-state index in [1.54, 1.807) is 0 Å². The van der Waals surface area contributed by atoms with Crippen molar-refractivity contribution in [2.75, 3.05) is 0 Å². The van der Waals surface area contributed by atoms with Crippen molar-refractivity contribution < 1.29 is 33.8 Å². The van der Waals surface area contributed by atoms with Gasteiger partial charge in [-0.3, -0.25) is 19.2 Å². The van der Waals surface area contributed by atoms with Crippen LogP contribution in [0.15, 0.2) is 12.2 Å². The smallest absolute Gasteiger partial charge is 0.303 e. The summed E-state index contributed by atoms with van der Waals surface area (Å²) in [5, 5.41) is 11.3. The van der Waals surface area contributed by atoms with E-state index in [0.717, 1.165) is 0 Å². The molecule has 31 heavy (non-hydrogen) atoms. The Bertz CT molecular complexity index is 888. The Labute approximate surface area is 182 Å². The second-order valence-corrected chi connectivity index (χ2v) is 10.9. The number of ketones is 2. The SMILES string of the molecule is C=C1C(=O)C23CC1CC(O)C2C1(C)CCC(OC(C)=O)C(C)(C)C1C(=O)C3OC(C)=O. The van der Waals surface area contributed by atoms with Gasteiger partial charge in [-0.25, -0.2) is 0 Å². The molecule has 8 atom stereocenters. The number of allylic oxidation sites excluding steroid dienone is 1. The summed E-state index contributed by atoms with van der Waals surface area (Å²) < 4.78 is 11.2.